The molecule has 1 aromatic rings. The van der Waals surface area contributed by atoms with E-state index in [4.69, 9.17) is 13.9 Å². The number of rotatable bonds is 6. The van der Waals surface area contributed by atoms with Crippen LogP contribution >= 0.6 is 0 Å². The van der Waals surface area contributed by atoms with Gasteiger partial charge < -0.3 is 13.9 Å². The molecule has 0 saturated carbocycles. The van der Waals surface area contributed by atoms with Gasteiger partial charge in [0.05, 0.1) is 32.0 Å². The Hall–Kier alpha value is -0.683. The third kappa shape index (κ3) is 5.71. The minimum atomic E-state index is -1.70. The van der Waals surface area contributed by atoms with Crippen molar-refractivity contribution in [3.8, 4) is 0 Å². The predicted molar refractivity (Wildman–Crippen MR) is 97.1 cm³/mol. The summed E-state index contributed by atoms with van der Waals surface area (Å²) in [6.45, 7) is 13.5. The molecule has 23 heavy (non-hydrogen) atoms. The van der Waals surface area contributed by atoms with Crippen molar-refractivity contribution >= 4 is 8.32 Å². The van der Waals surface area contributed by atoms with Crippen molar-refractivity contribution in [3.63, 3.8) is 0 Å². The zero-order valence-corrected chi connectivity index (χ0v) is 16.3. The number of benzene rings is 1. The SMILES string of the molecule is CC(C)(C)[Si](C)(C)O[C@@H]1CC[C@H](COCc2ccccc2)OC1. The molecule has 2 atom stereocenters. The van der Waals surface area contributed by atoms with Crippen LogP contribution in [0.25, 0.3) is 0 Å². The van der Waals surface area contributed by atoms with Crippen molar-refractivity contribution in [3.05, 3.63) is 35.9 Å². The first-order valence-electron chi connectivity index (χ1n) is 8.69. The molecule has 0 aromatic heterocycles. The van der Waals surface area contributed by atoms with E-state index in [1.54, 1.807) is 0 Å². The van der Waals surface area contributed by atoms with Crippen molar-refractivity contribution in [1.82, 2.24) is 0 Å². The molecule has 1 heterocycles. The van der Waals surface area contributed by atoms with Gasteiger partial charge in [0, 0.05) is 0 Å². The molecule has 0 amide bonds. The van der Waals surface area contributed by atoms with Gasteiger partial charge in [0.2, 0.25) is 0 Å². The fraction of sp³-hybridized carbons (Fsp3) is 0.684. The van der Waals surface area contributed by atoms with Crippen molar-refractivity contribution in [2.75, 3.05) is 13.2 Å². The van der Waals surface area contributed by atoms with E-state index >= 15 is 0 Å². The third-order valence-corrected chi connectivity index (χ3v) is 9.55. The molecule has 4 heteroatoms. The smallest absolute Gasteiger partial charge is 0.192 e. The summed E-state index contributed by atoms with van der Waals surface area (Å²) in [7, 11) is -1.70. The molecule has 0 bridgehead atoms. The van der Waals surface area contributed by atoms with E-state index in [0.29, 0.717) is 19.8 Å². The molecule has 3 nitrogen and oxygen atoms in total. The van der Waals surface area contributed by atoms with Crippen LogP contribution in [0.1, 0.15) is 39.2 Å². The van der Waals surface area contributed by atoms with Crippen LogP contribution < -0.4 is 0 Å². The second kappa shape index (κ2) is 7.93. The fourth-order valence-electron chi connectivity index (χ4n) is 2.48. The van der Waals surface area contributed by atoms with E-state index in [9.17, 15) is 0 Å². The molecule has 0 aliphatic carbocycles. The summed E-state index contributed by atoms with van der Waals surface area (Å²) >= 11 is 0. The number of hydrogen-bond acceptors (Lipinski definition) is 3. The minimum absolute atomic E-state index is 0.206. The number of hydrogen-bond donors (Lipinski definition) is 0. The monoisotopic (exact) mass is 336 g/mol. The average Bonchev–Trinajstić information content (AvgIpc) is 2.49. The molecular formula is C19H32O3Si. The molecule has 0 spiro atoms. The van der Waals surface area contributed by atoms with Gasteiger partial charge in [-0.05, 0) is 36.5 Å². The lowest BCUT2D eigenvalue weighted by molar-refractivity contribution is -0.0845. The van der Waals surface area contributed by atoms with Gasteiger partial charge in [-0.1, -0.05) is 51.1 Å². The van der Waals surface area contributed by atoms with Crippen molar-refractivity contribution < 1.29 is 13.9 Å². The van der Waals surface area contributed by atoms with Crippen LogP contribution in [0, 0.1) is 0 Å². The lowest BCUT2D eigenvalue weighted by Gasteiger charge is -2.41. The van der Waals surface area contributed by atoms with Gasteiger partial charge in [-0.25, -0.2) is 0 Å². The third-order valence-electron chi connectivity index (χ3n) is 5.01. The standard InChI is InChI=1S/C19H32O3Si/c1-19(2,3)23(4,5)22-18-12-11-17(21-15-18)14-20-13-16-9-7-6-8-10-16/h6-10,17-18H,11-15H2,1-5H3/t17-,18-/m1/s1. The summed E-state index contributed by atoms with van der Waals surface area (Å²) in [5.74, 6) is 0. The Balaban J connectivity index is 1.68. The van der Waals surface area contributed by atoms with Crippen LogP contribution in [0.5, 0.6) is 0 Å². The molecule has 0 radical (unpaired) electrons. The largest absolute Gasteiger partial charge is 0.412 e. The van der Waals surface area contributed by atoms with Crippen LogP contribution in [-0.4, -0.2) is 33.7 Å². The Morgan fingerprint density at radius 3 is 2.39 bits per heavy atom. The Labute approximate surface area is 142 Å². The molecule has 0 unspecified atom stereocenters. The predicted octanol–water partition coefficient (Wildman–Crippen LogP) is 4.77. The molecule has 2 rings (SSSR count). The van der Waals surface area contributed by atoms with Gasteiger partial charge in [-0.3, -0.25) is 0 Å². The summed E-state index contributed by atoms with van der Waals surface area (Å²) in [5, 5.41) is 0.253. The quantitative estimate of drug-likeness (QED) is 0.700. The maximum atomic E-state index is 6.44. The van der Waals surface area contributed by atoms with Gasteiger partial charge in [-0.2, -0.15) is 0 Å². The molecule has 1 fully saturated rings. The summed E-state index contributed by atoms with van der Waals surface area (Å²) in [6.07, 6.45) is 2.55. The molecule has 1 aliphatic rings. The maximum Gasteiger partial charge on any atom is 0.192 e. The topological polar surface area (TPSA) is 27.7 Å². The van der Waals surface area contributed by atoms with Crippen LogP contribution in [0.15, 0.2) is 30.3 Å². The Morgan fingerprint density at radius 1 is 1.13 bits per heavy atom. The van der Waals surface area contributed by atoms with Crippen LogP contribution in [0.2, 0.25) is 18.1 Å². The molecular weight excluding hydrogens is 304 g/mol. The minimum Gasteiger partial charge on any atom is -0.412 e. The van der Waals surface area contributed by atoms with E-state index in [0.717, 1.165) is 12.8 Å². The van der Waals surface area contributed by atoms with Gasteiger partial charge in [0.15, 0.2) is 8.32 Å². The van der Waals surface area contributed by atoms with Crippen molar-refractivity contribution in [1.29, 1.82) is 0 Å². The van der Waals surface area contributed by atoms with E-state index in [1.807, 2.05) is 18.2 Å². The van der Waals surface area contributed by atoms with Crippen molar-refractivity contribution in [2.45, 2.75) is 70.6 Å². The number of ether oxygens (including phenoxy) is 2. The Bertz CT molecular complexity index is 459. The van der Waals surface area contributed by atoms with Gasteiger partial charge in [0.1, 0.15) is 0 Å². The van der Waals surface area contributed by atoms with E-state index in [2.05, 4.69) is 46.0 Å². The average molecular weight is 337 g/mol. The highest BCUT2D eigenvalue weighted by molar-refractivity contribution is 6.74. The highest BCUT2D eigenvalue weighted by Crippen LogP contribution is 2.38. The summed E-state index contributed by atoms with van der Waals surface area (Å²) in [4.78, 5) is 0. The van der Waals surface area contributed by atoms with Gasteiger partial charge >= 0.3 is 0 Å². The van der Waals surface area contributed by atoms with Gasteiger partial charge in [0.25, 0.3) is 0 Å². The lowest BCUT2D eigenvalue weighted by atomic mass is 10.1. The molecule has 1 aromatic carbocycles. The zero-order valence-electron chi connectivity index (χ0n) is 15.3. The Morgan fingerprint density at radius 2 is 1.83 bits per heavy atom. The normalized spacial score (nSPS) is 23.0. The first kappa shape index (κ1) is 18.7. The summed E-state index contributed by atoms with van der Waals surface area (Å²) < 4.78 is 18.2. The van der Waals surface area contributed by atoms with E-state index in [-0.39, 0.29) is 17.2 Å². The molecule has 1 saturated heterocycles. The summed E-state index contributed by atoms with van der Waals surface area (Å²) in [6, 6.07) is 10.3. The van der Waals surface area contributed by atoms with Crippen LogP contribution in [-0.2, 0) is 20.5 Å². The first-order valence-corrected chi connectivity index (χ1v) is 11.6. The van der Waals surface area contributed by atoms with E-state index in [1.165, 1.54) is 5.56 Å². The fourth-order valence-corrected chi connectivity index (χ4v) is 3.85. The van der Waals surface area contributed by atoms with Crippen molar-refractivity contribution in [2.24, 2.45) is 0 Å². The summed E-state index contributed by atoms with van der Waals surface area (Å²) in [5.41, 5.74) is 1.21. The molecule has 1 aliphatic heterocycles. The highest BCUT2D eigenvalue weighted by atomic mass is 28.4. The second-order valence-corrected chi connectivity index (χ2v) is 12.8. The maximum absolute atomic E-state index is 6.44. The van der Waals surface area contributed by atoms with Crippen LogP contribution in [0.3, 0.4) is 0 Å². The molecule has 0 N–H and O–H groups in total. The van der Waals surface area contributed by atoms with Gasteiger partial charge in [-0.15, -0.1) is 0 Å². The molecule has 130 valence electrons. The first-order chi connectivity index (χ1) is 10.8. The second-order valence-electron chi connectivity index (χ2n) is 8.03. The lowest BCUT2D eigenvalue weighted by Crippen LogP contribution is -2.47. The van der Waals surface area contributed by atoms with E-state index < -0.39 is 8.32 Å². The van der Waals surface area contributed by atoms with Crippen LogP contribution in [0.4, 0.5) is 0 Å². The zero-order chi connectivity index (χ0) is 16.9. The Kier molecular flexibility index (Phi) is 6.43. The highest BCUT2D eigenvalue weighted by Gasteiger charge is 2.40.